The van der Waals surface area contributed by atoms with Crippen molar-refractivity contribution in [2.75, 3.05) is 12.5 Å². The number of nitrogens with one attached hydrogen (secondary N) is 1. The topological polar surface area (TPSA) is 128 Å². The minimum Gasteiger partial charge on any atom is -0.504 e. The molecule has 3 heterocycles. The second-order valence-corrected chi connectivity index (χ2v) is 12.9. The molecule has 2 amide bonds. The Kier molecular flexibility index (Phi) is 7.30. The number of phenols is 1. The molecule has 252 valence electrons. The highest BCUT2D eigenvalue weighted by Gasteiger charge is 2.69. The number of aromatic nitrogens is 3. The van der Waals surface area contributed by atoms with Crippen molar-refractivity contribution in [3.05, 3.63) is 152 Å². The van der Waals surface area contributed by atoms with Crippen LogP contribution < -0.4 is 21.5 Å². The number of phenolic OH excluding ortho intramolecular Hbond substituents is 1. The molecular weight excluding hydrogens is 665 g/mol. The number of fused-ring (bicyclic) bond motifs is 4. The maximum atomic E-state index is 15.2. The SMILES string of the molecule is COc1cccc([C@H]2C3=CCn4c(=O)n(-c5ccccc5)c(=O)n4[C@@H]3C[C@H]3C(=O)N(Nc4ccc(F)cc4)C(=O)[C@@]23c2ccc(Cl)cc2)c1O. The van der Waals surface area contributed by atoms with Crippen LogP contribution in [0.25, 0.3) is 5.69 Å². The summed E-state index contributed by atoms with van der Waals surface area (Å²) in [6, 6.07) is 24.4. The second-order valence-electron chi connectivity index (χ2n) is 12.5. The van der Waals surface area contributed by atoms with E-state index in [0.29, 0.717) is 27.5 Å². The zero-order valence-electron chi connectivity index (χ0n) is 26.5. The Labute approximate surface area is 289 Å². The lowest BCUT2D eigenvalue weighted by Crippen LogP contribution is -2.53. The Hall–Kier alpha value is -5.88. The lowest BCUT2D eigenvalue weighted by atomic mass is 9.53. The van der Waals surface area contributed by atoms with Crippen LogP contribution in [0.4, 0.5) is 10.1 Å². The highest BCUT2D eigenvalue weighted by atomic mass is 35.5. The van der Waals surface area contributed by atoms with Gasteiger partial charge in [0.15, 0.2) is 11.5 Å². The van der Waals surface area contributed by atoms with Crippen molar-refractivity contribution in [3.8, 4) is 17.2 Å². The van der Waals surface area contributed by atoms with Gasteiger partial charge in [0.05, 0.1) is 42.4 Å². The van der Waals surface area contributed by atoms with Crippen molar-refractivity contribution in [2.45, 2.75) is 30.3 Å². The van der Waals surface area contributed by atoms with E-state index in [2.05, 4.69) is 5.43 Å². The van der Waals surface area contributed by atoms with Crippen molar-refractivity contribution in [3.63, 3.8) is 0 Å². The van der Waals surface area contributed by atoms with E-state index in [4.69, 9.17) is 16.3 Å². The number of carbonyl (C=O) groups is 2. The number of carbonyl (C=O) groups excluding carboxylic acids is 2. The monoisotopic (exact) mass is 693 g/mol. The molecular formula is C37H29ClFN5O6. The summed E-state index contributed by atoms with van der Waals surface area (Å²) in [4.78, 5) is 57.9. The van der Waals surface area contributed by atoms with Crippen LogP contribution in [0.15, 0.2) is 118 Å². The number of amides is 2. The molecule has 0 radical (unpaired) electrons. The predicted molar refractivity (Wildman–Crippen MR) is 182 cm³/mol. The third-order valence-corrected chi connectivity index (χ3v) is 10.3. The van der Waals surface area contributed by atoms with Gasteiger partial charge in [-0.3, -0.25) is 15.0 Å². The van der Waals surface area contributed by atoms with Gasteiger partial charge in [-0.1, -0.05) is 60.1 Å². The largest absolute Gasteiger partial charge is 0.504 e. The number of para-hydroxylation sites is 2. The van der Waals surface area contributed by atoms with Crippen LogP contribution in [0, 0.1) is 11.7 Å². The summed E-state index contributed by atoms with van der Waals surface area (Å²) in [7, 11) is 1.41. The van der Waals surface area contributed by atoms with Crippen molar-refractivity contribution in [1.29, 1.82) is 0 Å². The van der Waals surface area contributed by atoms with Crippen molar-refractivity contribution in [1.82, 2.24) is 18.9 Å². The van der Waals surface area contributed by atoms with Gasteiger partial charge in [-0.05, 0) is 72.2 Å². The number of aromatic hydroxyl groups is 1. The van der Waals surface area contributed by atoms with Crippen LogP contribution in [0.5, 0.6) is 11.5 Å². The quantitative estimate of drug-likeness (QED) is 0.191. The Morgan fingerprint density at radius 2 is 1.62 bits per heavy atom. The molecule has 3 aliphatic rings. The van der Waals surface area contributed by atoms with Gasteiger partial charge in [0.2, 0.25) is 0 Å². The first-order chi connectivity index (χ1) is 24.2. The summed E-state index contributed by atoms with van der Waals surface area (Å²) in [6.45, 7) is -0.0119. The van der Waals surface area contributed by atoms with E-state index < -0.39 is 52.3 Å². The normalized spacial score (nSPS) is 22.4. The second kappa shape index (κ2) is 11.6. The van der Waals surface area contributed by atoms with E-state index >= 15 is 4.79 Å². The van der Waals surface area contributed by atoms with E-state index in [9.17, 15) is 23.9 Å². The minimum atomic E-state index is -1.67. The van der Waals surface area contributed by atoms with Crippen molar-refractivity contribution >= 4 is 29.1 Å². The molecule has 1 aromatic heterocycles. The summed E-state index contributed by atoms with van der Waals surface area (Å²) in [6.07, 6.45) is 1.76. The van der Waals surface area contributed by atoms with Crippen LogP contribution in [0.1, 0.15) is 29.5 Å². The highest BCUT2D eigenvalue weighted by molar-refractivity contribution is 6.30. The Balaban J connectivity index is 1.40. The number of rotatable bonds is 6. The number of nitrogens with zero attached hydrogens (tertiary/aromatic N) is 4. The van der Waals surface area contributed by atoms with Gasteiger partial charge in [0, 0.05) is 16.5 Å². The highest BCUT2D eigenvalue weighted by Crippen LogP contribution is 2.63. The Bertz CT molecular complexity index is 2330. The number of methoxy groups -OCH3 is 1. The summed E-state index contributed by atoms with van der Waals surface area (Å²) in [5.74, 6) is -3.96. The molecule has 2 N–H and O–H groups in total. The summed E-state index contributed by atoms with van der Waals surface area (Å²) < 4.78 is 23.1. The molecule has 1 saturated heterocycles. The van der Waals surface area contributed by atoms with Gasteiger partial charge in [0.25, 0.3) is 11.8 Å². The molecule has 50 heavy (non-hydrogen) atoms. The number of anilines is 1. The van der Waals surface area contributed by atoms with Crippen LogP contribution in [0.2, 0.25) is 5.02 Å². The Morgan fingerprint density at radius 3 is 2.32 bits per heavy atom. The molecule has 1 aliphatic carbocycles. The average Bonchev–Trinajstić information content (AvgIpc) is 3.51. The molecule has 0 spiro atoms. The number of imide groups is 1. The molecule has 8 rings (SSSR count). The van der Waals surface area contributed by atoms with Crippen LogP contribution in [-0.2, 0) is 21.5 Å². The molecule has 0 unspecified atom stereocenters. The van der Waals surface area contributed by atoms with Crippen LogP contribution in [0.3, 0.4) is 0 Å². The summed E-state index contributed by atoms with van der Waals surface area (Å²) >= 11 is 6.33. The first-order valence-corrected chi connectivity index (χ1v) is 16.3. The van der Waals surface area contributed by atoms with Gasteiger partial charge >= 0.3 is 11.4 Å². The Morgan fingerprint density at radius 1 is 0.900 bits per heavy atom. The molecule has 11 nitrogen and oxygen atoms in total. The van der Waals surface area contributed by atoms with Gasteiger partial charge in [-0.15, -0.1) is 0 Å². The number of hydrogen-bond acceptors (Lipinski definition) is 7. The lowest BCUT2D eigenvalue weighted by Gasteiger charge is -2.49. The molecule has 13 heteroatoms. The number of ether oxygens (including phenoxy) is 1. The molecule has 4 atom stereocenters. The van der Waals surface area contributed by atoms with Crippen LogP contribution >= 0.6 is 11.6 Å². The fraction of sp³-hybridized carbons (Fsp3) is 0.189. The molecule has 2 fully saturated rings. The van der Waals surface area contributed by atoms with Gasteiger partial charge in [0.1, 0.15) is 5.82 Å². The summed E-state index contributed by atoms with van der Waals surface area (Å²) in [5, 5.41) is 13.1. The van der Waals surface area contributed by atoms with Crippen molar-refractivity contribution in [2.24, 2.45) is 5.92 Å². The van der Waals surface area contributed by atoms with Gasteiger partial charge in [-0.2, -0.15) is 5.01 Å². The molecule has 1 saturated carbocycles. The molecule has 5 aromatic rings. The number of hydrazine groups is 1. The molecule has 4 aromatic carbocycles. The van der Waals surface area contributed by atoms with Crippen molar-refractivity contribution < 1.29 is 23.8 Å². The van der Waals surface area contributed by atoms with E-state index in [1.165, 1.54) is 40.7 Å². The minimum absolute atomic E-state index is 0.0119. The number of halogens is 2. The van der Waals surface area contributed by atoms with E-state index in [0.717, 1.165) is 9.58 Å². The fourth-order valence-electron chi connectivity index (χ4n) is 8.00. The third-order valence-electron chi connectivity index (χ3n) is 10.1. The summed E-state index contributed by atoms with van der Waals surface area (Å²) in [5.41, 5.74) is 2.04. The fourth-order valence-corrected chi connectivity index (χ4v) is 8.12. The maximum absolute atomic E-state index is 15.2. The number of benzene rings is 4. The van der Waals surface area contributed by atoms with Crippen LogP contribution in [-0.4, -0.2) is 43.0 Å². The van der Waals surface area contributed by atoms with Gasteiger partial charge < -0.3 is 9.84 Å². The van der Waals surface area contributed by atoms with E-state index in [1.807, 2.05) is 0 Å². The van der Waals surface area contributed by atoms with Gasteiger partial charge in [-0.25, -0.2) is 27.9 Å². The smallest absolute Gasteiger partial charge is 0.352 e. The third kappa shape index (κ3) is 4.41. The first-order valence-electron chi connectivity index (χ1n) is 15.9. The zero-order chi connectivity index (χ0) is 34.9. The first kappa shape index (κ1) is 31.4. The van der Waals surface area contributed by atoms with E-state index in [1.54, 1.807) is 78.9 Å². The standard InChI is InChI=1S/C37H29ClFN5O6/c1-50-30-9-5-8-27(32(30)45)31-26-18-19-41-35(48)42(25-6-3-2-4-7-25)36(49)44(41)29(26)20-28-33(46)43(40-24-16-14-23(39)15-17-24)34(47)37(28,31)21-10-12-22(38)13-11-21/h2-18,28-29,31,40,45H,19-20H2,1H3/t28-,29+,31+,37+/m0/s1. The maximum Gasteiger partial charge on any atom is 0.352 e. The lowest BCUT2D eigenvalue weighted by molar-refractivity contribution is -0.138. The van der Waals surface area contributed by atoms with E-state index in [-0.39, 0.29) is 30.0 Å². The number of allylic oxidation sites excluding steroid dienone is 2. The zero-order valence-corrected chi connectivity index (χ0v) is 27.3. The predicted octanol–water partition coefficient (Wildman–Crippen LogP) is 4.93. The molecule has 2 aliphatic heterocycles. The number of hydrogen-bond donors (Lipinski definition) is 2. The average molecular weight is 694 g/mol. The molecule has 0 bridgehead atoms.